The van der Waals surface area contributed by atoms with Crippen LogP contribution in [-0.4, -0.2) is 25.7 Å². The van der Waals surface area contributed by atoms with E-state index in [1.807, 2.05) is 6.07 Å². The fraction of sp³-hybridized carbons (Fsp3) is 0.462. The van der Waals surface area contributed by atoms with Gasteiger partial charge in [0.15, 0.2) is 0 Å². The average Bonchev–Trinajstić information content (AvgIpc) is 2.29. The number of hydrogen-bond acceptors (Lipinski definition) is 3. The van der Waals surface area contributed by atoms with Crippen LogP contribution in [0.4, 0.5) is 0 Å². The van der Waals surface area contributed by atoms with Gasteiger partial charge in [-0.25, -0.2) is 0 Å². The molecule has 0 aliphatic rings. The molecule has 0 aliphatic carbocycles. The van der Waals surface area contributed by atoms with Crippen LogP contribution in [-0.2, 0) is 16.0 Å². The third-order valence-electron chi connectivity index (χ3n) is 2.24. The Balaban J connectivity index is 1.94. The van der Waals surface area contributed by atoms with E-state index in [9.17, 15) is 4.79 Å². The maximum absolute atomic E-state index is 10.5. The smallest absolute Gasteiger partial charge is 0.302 e. The maximum atomic E-state index is 10.5. The van der Waals surface area contributed by atoms with Crippen LogP contribution in [0.5, 0.6) is 0 Å². The summed E-state index contributed by atoms with van der Waals surface area (Å²) >= 11 is 0. The monoisotopic (exact) mass is 221 g/mol. The van der Waals surface area contributed by atoms with E-state index >= 15 is 0 Å². The summed E-state index contributed by atoms with van der Waals surface area (Å²) < 4.78 is 4.83. The van der Waals surface area contributed by atoms with Crippen molar-refractivity contribution in [2.24, 2.45) is 0 Å². The standard InChI is InChI=1S/C13H19NO2/c1-12(15)16-11-5-9-14-10-8-13-6-3-2-4-7-13/h2-4,6-7,14H,5,8-11H2,1H3. The van der Waals surface area contributed by atoms with E-state index in [-0.39, 0.29) is 5.97 Å². The normalized spacial score (nSPS) is 10.1. The molecule has 0 unspecified atom stereocenters. The van der Waals surface area contributed by atoms with Gasteiger partial charge in [0.1, 0.15) is 0 Å². The van der Waals surface area contributed by atoms with Gasteiger partial charge in [-0.3, -0.25) is 4.79 Å². The molecule has 0 saturated carbocycles. The van der Waals surface area contributed by atoms with Crippen molar-refractivity contribution in [3.05, 3.63) is 35.9 Å². The molecule has 1 rings (SSSR count). The van der Waals surface area contributed by atoms with Gasteiger partial charge in [-0.2, -0.15) is 0 Å². The maximum Gasteiger partial charge on any atom is 0.302 e. The molecule has 88 valence electrons. The van der Waals surface area contributed by atoms with Crippen molar-refractivity contribution in [1.29, 1.82) is 0 Å². The zero-order valence-electron chi connectivity index (χ0n) is 9.74. The second kappa shape index (κ2) is 7.88. The lowest BCUT2D eigenvalue weighted by atomic mass is 10.1. The Morgan fingerprint density at radius 1 is 1.25 bits per heavy atom. The van der Waals surface area contributed by atoms with Crippen molar-refractivity contribution in [2.45, 2.75) is 19.8 Å². The number of esters is 1. The van der Waals surface area contributed by atoms with Crippen LogP contribution in [0.15, 0.2) is 30.3 Å². The van der Waals surface area contributed by atoms with Crippen molar-refractivity contribution in [3.63, 3.8) is 0 Å². The zero-order valence-corrected chi connectivity index (χ0v) is 9.74. The summed E-state index contributed by atoms with van der Waals surface area (Å²) in [6, 6.07) is 10.4. The minimum atomic E-state index is -0.204. The number of hydrogen-bond donors (Lipinski definition) is 1. The molecule has 0 amide bonds. The molecule has 0 bridgehead atoms. The van der Waals surface area contributed by atoms with Crippen LogP contribution in [0.2, 0.25) is 0 Å². The Labute approximate surface area is 96.8 Å². The van der Waals surface area contributed by atoms with E-state index in [2.05, 4.69) is 29.6 Å². The molecule has 3 nitrogen and oxygen atoms in total. The third kappa shape index (κ3) is 6.19. The van der Waals surface area contributed by atoms with Crippen LogP contribution in [0.3, 0.4) is 0 Å². The van der Waals surface area contributed by atoms with Gasteiger partial charge < -0.3 is 10.1 Å². The minimum absolute atomic E-state index is 0.204. The summed E-state index contributed by atoms with van der Waals surface area (Å²) in [5.74, 6) is -0.204. The molecular formula is C13H19NO2. The molecule has 3 heteroatoms. The fourth-order valence-electron chi connectivity index (χ4n) is 1.42. The molecule has 0 saturated heterocycles. The number of benzene rings is 1. The van der Waals surface area contributed by atoms with E-state index in [4.69, 9.17) is 4.74 Å². The quantitative estimate of drug-likeness (QED) is 0.563. The van der Waals surface area contributed by atoms with Gasteiger partial charge in [-0.1, -0.05) is 30.3 Å². The highest BCUT2D eigenvalue weighted by atomic mass is 16.5. The summed E-state index contributed by atoms with van der Waals surface area (Å²) in [5.41, 5.74) is 1.34. The molecule has 0 aliphatic heterocycles. The van der Waals surface area contributed by atoms with Gasteiger partial charge in [0.05, 0.1) is 6.61 Å². The highest BCUT2D eigenvalue weighted by molar-refractivity contribution is 5.65. The average molecular weight is 221 g/mol. The lowest BCUT2D eigenvalue weighted by Crippen LogP contribution is -2.20. The number of carbonyl (C=O) groups excluding carboxylic acids is 1. The van der Waals surface area contributed by atoms with E-state index in [0.717, 1.165) is 25.9 Å². The van der Waals surface area contributed by atoms with Crippen LogP contribution in [0.1, 0.15) is 18.9 Å². The summed E-state index contributed by atoms with van der Waals surface area (Å²) in [5, 5.41) is 3.32. The Morgan fingerprint density at radius 2 is 2.00 bits per heavy atom. The highest BCUT2D eigenvalue weighted by Gasteiger charge is 1.93. The van der Waals surface area contributed by atoms with Crippen LogP contribution < -0.4 is 5.32 Å². The molecule has 0 radical (unpaired) electrons. The summed E-state index contributed by atoms with van der Waals surface area (Å²) in [4.78, 5) is 10.5. The molecule has 1 aromatic rings. The minimum Gasteiger partial charge on any atom is -0.466 e. The molecule has 16 heavy (non-hydrogen) atoms. The van der Waals surface area contributed by atoms with Gasteiger partial charge in [-0.05, 0) is 31.5 Å². The number of nitrogens with one attached hydrogen (secondary N) is 1. The predicted molar refractivity (Wildman–Crippen MR) is 64.3 cm³/mol. The van der Waals surface area contributed by atoms with Crippen molar-refractivity contribution in [3.8, 4) is 0 Å². The highest BCUT2D eigenvalue weighted by Crippen LogP contribution is 1.97. The summed E-state index contributed by atoms with van der Waals surface area (Å²) in [6.07, 6.45) is 1.91. The summed E-state index contributed by atoms with van der Waals surface area (Å²) in [6.45, 7) is 3.79. The molecule has 0 heterocycles. The second-order valence-electron chi connectivity index (χ2n) is 3.68. The first-order chi connectivity index (χ1) is 7.79. The first kappa shape index (κ1) is 12.7. The Kier molecular flexibility index (Phi) is 6.26. The van der Waals surface area contributed by atoms with E-state index < -0.39 is 0 Å². The van der Waals surface area contributed by atoms with Gasteiger partial charge in [0, 0.05) is 6.92 Å². The van der Waals surface area contributed by atoms with Gasteiger partial charge >= 0.3 is 5.97 Å². The van der Waals surface area contributed by atoms with E-state index in [1.54, 1.807) is 0 Å². The first-order valence-corrected chi connectivity index (χ1v) is 5.67. The Morgan fingerprint density at radius 3 is 2.69 bits per heavy atom. The lowest BCUT2D eigenvalue weighted by Gasteiger charge is -2.05. The zero-order chi connectivity index (χ0) is 11.6. The molecule has 1 aromatic carbocycles. The largest absolute Gasteiger partial charge is 0.466 e. The molecule has 0 spiro atoms. The van der Waals surface area contributed by atoms with Gasteiger partial charge in [0.2, 0.25) is 0 Å². The van der Waals surface area contributed by atoms with E-state index in [1.165, 1.54) is 12.5 Å². The molecular weight excluding hydrogens is 202 g/mol. The van der Waals surface area contributed by atoms with Gasteiger partial charge in [-0.15, -0.1) is 0 Å². The molecule has 0 fully saturated rings. The van der Waals surface area contributed by atoms with Crippen LogP contribution >= 0.6 is 0 Å². The topological polar surface area (TPSA) is 38.3 Å². The fourth-order valence-corrected chi connectivity index (χ4v) is 1.42. The Bertz CT molecular complexity index is 298. The Hall–Kier alpha value is -1.35. The van der Waals surface area contributed by atoms with Crippen LogP contribution in [0, 0.1) is 0 Å². The van der Waals surface area contributed by atoms with Crippen molar-refractivity contribution < 1.29 is 9.53 Å². The van der Waals surface area contributed by atoms with E-state index in [0.29, 0.717) is 6.61 Å². The molecule has 0 atom stereocenters. The lowest BCUT2D eigenvalue weighted by molar-refractivity contribution is -0.141. The van der Waals surface area contributed by atoms with Gasteiger partial charge in [0.25, 0.3) is 0 Å². The molecule has 0 aromatic heterocycles. The first-order valence-electron chi connectivity index (χ1n) is 5.67. The van der Waals surface area contributed by atoms with Crippen LogP contribution in [0.25, 0.3) is 0 Å². The van der Waals surface area contributed by atoms with Crippen molar-refractivity contribution in [2.75, 3.05) is 19.7 Å². The summed E-state index contributed by atoms with van der Waals surface area (Å²) in [7, 11) is 0. The predicted octanol–water partition coefficient (Wildman–Crippen LogP) is 1.77. The SMILES string of the molecule is CC(=O)OCCCNCCc1ccccc1. The number of rotatable bonds is 7. The van der Waals surface area contributed by atoms with Crippen molar-refractivity contribution in [1.82, 2.24) is 5.32 Å². The number of ether oxygens (including phenoxy) is 1. The van der Waals surface area contributed by atoms with Crippen molar-refractivity contribution >= 4 is 5.97 Å². The number of carbonyl (C=O) groups is 1. The molecule has 1 N–H and O–H groups in total. The third-order valence-corrected chi connectivity index (χ3v) is 2.24. The second-order valence-corrected chi connectivity index (χ2v) is 3.68.